The van der Waals surface area contributed by atoms with Gasteiger partial charge in [0.1, 0.15) is 5.01 Å². The lowest BCUT2D eigenvalue weighted by atomic mass is 10.1. The summed E-state index contributed by atoms with van der Waals surface area (Å²) in [6.45, 7) is 1.99. The van der Waals surface area contributed by atoms with E-state index in [0.29, 0.717) is 10.3 Å². The summed E-state index contributed by atoms with van der Waals surface area (Å²) in [7, 11) is 0. The van der Waals surface area contributed by atoms with Gasteiger partial charge in [-0.1, -0.05) is 60.4 Å². The number of tetrazole rings is 1. The Morgan fingerprint density at radius 2 is 2.00 bits per heavy atom. The predicted molar refractivity (Wildman–Crippen MR) is 105 cm³/mol. The van der Waals surface area contributed by atoms with E-state index in [2.05, 4.69) is 37.1 Å². The zero-order chi connectivity index (χ0) is 18.6. The fourth-order valence-corrected chi connectivity index (χ4v) is 3.86. The average Bonchev–Trinajstić information content (AvgIpc) is 3.35. The average molecular weight is 397 g/mol. The number of carbonyl (C=O) groups excluding carboxylic acids is 1. The van der Waals surface area contributed by atoms with Gasteiger partial charge in [-0.15, -0.1) is 15.3 Å². The lowest BCUT2D eigenvalue weighted by Gasteiger charge is -2.06. The minimum Gasteiger partial charge on any atom is -0.300 e. The van der Waals surface area contributed by atoms with Gasteiger partial charge in [0.2, 0.25) is 16.2 Å². The van der Waals surface area contributed by atoms with Crippen LogP contribution < -0.4 is 5.32 Å². The Balaban J connectivity index is 1.45. The van der Waals surface area contributed by atoms with Crippen LogP contribution in [-0.4, -0.2) is 42.1 Å². The Morgan fingerprint density at radius 1 is 1.15 bits per heavy atom. The van der Waals surface area contributed by atoms with Crippen LogP contribution in [0.3, 0.4) is 0 Å². The van der Waals surface area contributed by atoms with E-state index in [1.807, 2.05) is 43.3 Å². The molecule has 1 amide bonds. The maximum absolute atomic E-state index is 12.2. The summed E-state index contributed by atoms with van der Waals surface area (Å²) in [5.74, 6) is 0.00139. The summed E-state index contributed by atoms with van der Waals surface area (Å²) in [4.78, 5) is 12.2. The largest absolute Gasteiger partial charge is 0.300 e. The van der Waals surface area contributed by atoms with Crippen LogP contribution in [0.25, 0.3) is 16.5 Å². The third-order valence-corrected chi connectivity index (χ3v) is 5.67. The molecule has 0 aliphatic heterocycles. The van der Waals surface area contributed by atoms with Gasteiger partial charge in [-0.3, -0.25) is 10.1 Å². The molecule has 0 radical (unpaired) electrons. The third kappa shape index (κ3) is 3.96. The molecule has 1 N–H and O–H groups in total. The van der Waals surface area contributed by atoms with E-state index in [-0.39, 0.29) is 11.7 Å². The molecule has 2 aromatic carbocycles. The summed E-state index contributed by atoms with van der Waals surface area (Å²) in [5.41, 5.74) is 0.846. The number of aryl methyl sites for hydroxylation is 1. The van der Waals surface area contributed by atoms with Crippen LogP contribution in [0.4, 0.5) is 5.13 Å². The van der Waals surface area contributed by atoms with E-state index in [1.54, 1.807) is 4.68 Å². The molecule has 0 aliphatic carbocycles. The number of nitrogens with one attached hydrogen (secondary N) is 1. The maximum Gasteiger partial charge on any atom is 0.236 e. The van der Waals surface area contributed by atoms with E-state index in [1.165, 1.54) is 23.1 Å². The van der Waals surface area contributed by atoms with Crippen LogP contribution in [-0.2, 0) is 11.2 Å². The van der Waals surface area contributed by atoms with Crippen LogP contribution in [0.1, 0.15) is 11.9 Å². The standard InChI is InChI=1S/C17H15N7OS2/c1-2-15-19-20-16(27-15)18-14(25)10-26-17-21-22-23-24(17)13-8-7-11-5-3-4-6-12(11)9-13/h3-9H,2,10H2,1H3,(H,18,20,25). The topological polar surface area (TPSA) is 98.5 Å². The molecule has 8 nitrogen and oxygen atoms in total. The smallest absolute Gasteiger partial charge is 0.236 e. The Hall–Kier alpha value is -2.85. The number of aromatic nitrogens is 6. The molecular weight excluding hydrogens is 382 g/mol. The number of amides is 1. The highest BCUT2D eigenvalue weighted by Gasteiger charge is 2.13. The van der Waals surface area contributed by atoms with Crippen molar-refractivity contribution in [2.24, 2.45) is 0 Å². The predicted octanol–water partition coefficient (Wildman–Crippen LogP) is 2.96. The number of carbonyl (C=O) groups is 1. The third-order valence-electron chi connectivity index (χ3n) is 3.77. The van der Waals surface area contributed by atoms with Crippen LogP contribution in [0.5, 0.6) is 0 Å². The molecule has 0 atom stereocenters. The van der Waals surface area contributed by atoms with E-state index >= 15 is 0 Å². The van der Waals surface area contributed by atoms with Crippen LogP contribution in [0.2, 0.25) is 0 Å². The van der Waals surface area contributed by atoms with Gasteiger partial charge in [-0.2, -0.15) is 4.68 Å². The second-order valence-electron chi connectivity index (χ2n) is 5.60. The first kappa shape index (κ1) is 17.6. The Kier molecular flexibility index (Phi) is 5.07. The van der Waals surface area contributed by atoms with Crippen molar-refractivity contribution in [3.63, 3.8) is 0 Å². The van der Waals surface area contributed by atoms with Crippen molar-refractivity contribution in [3.05, 3.63) is 47.5 Å². The monoisotopic (exact) mass is 397 g/mol. The SMILES string of the molecule is CCc1nnc(NC(=O)CSc2nnnn2-c2ccc3ccccc3c2)s1. The lowest BCUT2D eigenvalue weighted by Crippen LogP contribution is -2.14. The molecule has 27 heavy (non-hydrogen) atoms. The van der Waals surface area contributed by atoms with Gasteiger partial charge in [0.15, 0.2) is 0 Å². The number of benzene rings is 2. The summed E-state index contributed by atoms with van der Waals surface area (Å²) < 4.78 is 1.63. The maximum atomic E-state index is 12.2. The molecule has 4 aromatic rings. The van der Waals surface area contributed by atoms with Gasteiger partial charge >= 0.3 is 0 Å². The van der Waals surface area contributed by atoms with Crippen molar-refractivity contribution in [1.29, 1.82) is 0 Å². The van der Waals surface area contributed by atoms with E-state index in [4.69, 9.17) is 0 Å². The Labute approximate surface area is 163 Å². The number of thioether (sulfide) groups is 1. The highest BCUT2D eigenvalue weighted by Crippen LogP contribution is 2.22. The molecule has 0 fully saturated rings. The number of fused-ring (bicyclic) bond motifs is 1. The van der Waals surface area contributed by atoms with E-state index < -0.39 is 0 Å². The first-order valence-corrected chi connectivity index (χ1v) is 10.1. The van der Waals surface area contributed by atoms with Gasteiger partial charge in [-0.25, -0.2) is 0 Å². The summed E-state index contributed by atoms with van der Waals surface area (Å²) in [6, 6.07) is 14.1. The van der Waals surface area contributed by atoms with Gasteiger partial charge < -0.3 is 0 Å². The number of hydrogen-bond donors (Lipinski definition) is 1. The second kappa shape index (κ2) is 7.80. The van der Waals surface area contributed by atoms with Crippen LogP contribution in [0.15, 0.2) is 47.6 Å². The van der Waals surface area contributed by atoms with E-state index in [9.17, 15) is 4.79 Å². The Bertz CT molecular complexity index is 1090. The van der Waals surface area contributed by atoms with Crippen molar-refractivity contribution in [2.75, 3.05) is 11.1 Å². The van der Waals surface area contributed by atoms with Crippen molar-refractivity contribution in [3.8, 4) is 5.69 Å². The van der Waals surface area contributed by atoms with Gasteiger partial charge in [0.05, 0.1) is 11.4 Å². The van der Waals surface area contributed by atoms with Crippen LogP contribution in [0, 0.1) is 0 Å². The molecule has 0 unspecified atom stereocenters. The fraction of sp³-hybridized carbons (Fsp3) is 0.176. The van der Waals surface area contributed by atoms with E-state index in [0.717, 1.165) is 27.9 Å². The van der Waals surface area contributed by atoms with Gasteiger partial charge in [0, 0.05) is 0 Å². The number of rotatable bonds is 6. The molecule has 10 heteroatoms. The highest BCUT2D eigenvalue weighted by atomic mass is 32.2. The quantitative estimate of drug-likeness (QED) is 0.499. The zero-order valence-electron chi connectivity index (χ0n) is 14.4. The molecular formula is C17H15N7OS2. The minimum absolute atomic E-state index is 0.174. The molecule has 0 saturated heterocycles. The number of anilines is 1. The van der Waals surface area contributed by atoms with Gasteiger partial charge in [0.25, 0.3) is 0 Å². The number of hydrogen-bond acceptors (Lipinski definition) is 8. The fourth-order valence-electron chi connectivity index (χ4n) is 2.47. The van der Waals surface area contributed by atoms with Crippen molar-refractivity contribution < 1.29 is 4.79 Å². The summed E-state index contributed by atoms with van der Waals surface area (Å²) in [5, 5.41) is 26.7. The second-order valence-corrected chi connectivity index (χ2v) is 7.60. The van der Waals surface area contributed by atoms with Gasteiger partial charge in [-0.05, 0) is 39.8 Å². The zero-order valence-corrected chi connectivity index (χ0v) is 16.0. The van der Waals surface area contributed by atoms with Crippen LogP contribution >= 0.6 is 23.1 Å². The first-order valence-electron chi connectivity index (χ1n) is 8.25. The minimum atomic E-state index is -0.174. The number of nitrogens with zero attached hydrogens (tertiary/aromatic N) is 6. The van der Waals surface area contributed by atoms with Crippen molar-refractivity contribution in [1.82, 2.24) is 30.4 Å². The Morgan fingerprint density at radius 3 is 2.81 bits per heavy atom. The lowest BCUT2D eigenvalue weighted by molar-refractivity contribution is -0.113. The molecule has 0 aliphatic rings. The molecule has 136 valence electrons. The summed E-state index contributed by atoms with van der Waals surface area (Å²) >= 11 is 2.64. The molecule has 2 heterocycles. The summed E-state index contributed by atoms with van der Waals surface area (Å²) in [6.07, 6.45) is 0.794. The molecule has 2 aromatic heterocycles. The normalized spacial score (nSPS) is 11.0. The highest BCUT2D eigenvalue weighted by molar-refractivity contribution is 7.99. The molecule has 4 rings (SSSR count). The first-order chi connectivity index (χ1) is 13.2. The molecule has 0 bridgehead atoms. The van der Waals surface area contributed by atoms with Crippen molar-refractivity contribution in [2.45, 2.75) is 18.5 Å². The molecule has 0 saturated carbocycles. The molecule has 0 spiro atoms. The van der Waals surface area contributed by atoms with Crippen molar-refractivity contribution >= 4 is 44.9 Å².